The second-order valence-corrected chi connectivity index (χ2v) is 10.1. The van der Waals surface area contributed by atoms with Gasteiger partial charge in [0.25, 0.3) is 5.91 Å². The lowest BCUT2D eigenvalue weighted by atomic mass is 9.80. The highest BCUT2D eigenvalue weighted by atomic mass is 19.4. The van der Waals surface area contributed by atoms with Crippen molar-refractivity contribution < 1.29 is 22.8 Å². The van der Waals surface area contributed by atoms with Gasteiger partial charge in [0, 0.05) is 30.7 Å². The number of carbonyl (C=O) groups excluding carboxylic acids is 2. The van der Waals surface area contributed by atoms with Gasteiger partial charge in [-0.2, -0.15) is 13.2 Å². The van der Waals surface area contributed by atoms with E-state index in [4.69, 9.17) is 0 Å². The van der Waals surface area contributed by atoms with Gasteiger partial charge >= 0.3 is 6.18 Å². The van der Waals surface area contributed by atoms with Gasteiger partial charge in [0.1, 0.15) is 0 Å². The molecule has 4 rings (SSSR count). The van der Waals surface area contributed by atoms with E-state index in [9.17, 15) is 22.8 Å². The normalized spacial score (nSPS) is 21.7. The van der Waals surface area contributed by atoms with Crippen LogP contribution in [0, 0.1) is 6.92 Å². The first-order valence-electron chi connectivity index (χ1n) is 12.7. The summed E-state index contributed by atoms with van der Waals surface area (Å²) in [7, 11) is 0. The second kappa shape index (κ2) is 11.5. The molecule has 2 aromatic carbocycles. The van der Waals surface area contributed by atoms with E-state index in [0.717, 1.165) is 38.1 Å². The summed E-state index contributed by atoms with van der Waals surface area (Å²) < 4.78 is 38.6. The van der Waals surface area contributed by atoms with Gasteiger partial charge in [0.2, 0.25) is 5.91 Å². The van der Waals surface area contributed by atoms with E-state index in [1.807, 2.05) is 0 Å². The highest BCUT2D eigenvalue weighted by molar-refractivity contribution is 5.96. The molecular formula is C28H34F3N3O2. The zero-order valence-corrected chi connectivity index (χ0v) is 20.6. The maximum Gasteiger partial charge on any atom is 0.416 e. The number of carbonyl (C=O) groups is 2. The second-order valence-electron chi connectivity index (χ2n) is 10.1. The molecule has 1 aliphatic carbocycles. The molecule has 2 amide bonds. The van der Waals surface area contributed by atoms with E-state index >= 15 is 0 Å². The lowest BCUT2D eigenvalue weighted by Gasteiger charge is -2.41. The maximum absolute atomic E-state index is 12.9. The van der Waals surface area contributed by atoms with Crippen molar-refractivity contribution in [1.82, 2.24) is 15.5 Å². The number of hydrogen-bond acceptors (Lipinski definition) is 3. The van der Waals surface area contributed by atoms with Gasteiger partial charge in [-0.25, -0.2) is 0 Å². The van der Waals surface area contributed by atoms with Crippen LogP contribution >= 0.6 is 0 Å². The Morgan fingerprint density at radius 3 is 2.25 bits per heavy atom. The van der Waals surface area contributed by atoms with Crippen LogP contribution in [0.25, 0.3) is 0 Å². The predicted octanol–water partition coefficient (Wildman–Crippen LogP) is 5.05. The molecule has 0 radical (unpaired) electrons. The predicted molar refractivity (Wildman–Crippen MR) is 133 cm³/mol. The van der Waals surface area contributed by atoms with Gasteiger partial charge in [0.05, 0.1) is 12.1 Å². The molecule has 2 aliphatic rings. The van der Waals surface area contributed by atoms with Crippen molar-refractivity contribution in [2.24, 2.45) is 0 Å². The summed E-state index contributed by atoms with van der Waals surface area (Å²) in [5.41, 5.74) is 1.72. The van der Waals surface area contributed by atoms with Gasteiger partial charge < -0.3 is 15.5 Å². The average Bonchev–Trinajstić information content (AvgIpc) is 2.88. The van der Waals surface area contributed by atoms with Crippen LogP contribution in [-0.4, -0.2) is 48.4 Å². The van der Waals surface area contributed by atoms with Crippen molar-refractivity contribution in [2.75, 3.05) is 19.6 Å². The fourth-order valence-electron chi connectivity index (χ4n) is 5.40. The molecule has 1 heterocycles. The highest BCUT2D eigenvalue weighted by Crippen LogP contribution is 2.35. The molecule has 0 aromatic heterocycles. The number of piperidine rings is 1. The summed E-state index contributed by atoms with van der Waals surface area (Å²) in [6.07, 6.45) is 1.97. The molecule has 194 valence electrons. The molecule has 0 unspecified atom stereocenters. The van der Waals surface area contributed by atoms with Gasteiger partial charge in [-0.05, 0) is 75.1 Å². The Morgan fingerprint density at radius 1 is 0.944 bits per heavy atom. The van der Waals surface area contributed by atoms with E-state index in [1.165, 1.54) is 48.9 Å². The number of benzene rings is 2. The van der Waals surface area contributed by atoms with E-state index < -0.39 is 17.6 Å². The number of nitrogens with zero attached hydrogens (tertiary/aromatic N) is 1. The minimum absolute atomic E-state index is 0.0445. The number of halogens is 3. The molecule has 1 saturated carbocycles. The molecule has 2 N–H and O–H groups in total. The first kappa shape index (κ1) is 26.2. The number of nitrogens with one attached hydrogen (secondary N) is 2. The largest absolute Gasteiger partial charge is 0.416 e. The first-order chi connectivity index (χ1) is 17.2. The highest BCUT2D eigenvalue weighted by Gasteiger charge is 2.31. The smallest absolute Gasteiger partial charge is 0.352 e. The molecule has 2 aromatic rings. The van der Waals surface area contributed by atoms with Crippen LogP contribution < -0.4 is 10.6 Å². The Kier molecular flexibility index (Phi) is 8.34. The fraction of sp³-hybridized carbons (Fsp3) is 0.500. The van der Waals surface area contributed by atoms with Crippen LogP contribution in [0.1, 0.15) is 71.5 Å². The summed E-state index contributed by atoms with van der Waals surface area (Å²) in [5, 5.41) is 5.38. The third-order valence-electron chi connectivity index (χ3n) is 7.52. The van der Waals surface area contributed by atoms with Gasteiger partial charge in [0.15, 0.2) is 0 Å². The number of rotatable bonds is 6. The monoisotopic (exact) mass is 501 g/mol. The van der Waals surface area contributed by atoms with E-state index in [0.29, 0.717) is 12.0 Å². The van der Waals surface area contributed by atoms with Gasteiger partial charge in [-0.1, -0.05) is 35.9 Å². The molecule has 0 bridgehead atoms. The number of aryl methyl sites for hydroxylation is 1. The summed E-state index contributed by atoms with van der Waals surface area (Å²) in [6.45, 7) is 3.71. The summed E-state index contributed by atoms with van der Waals surface area (Å²) >= 11 is 0. The molecule has 36 heavy (non-hydrogen) atoms. The lowest BCUT2D eigenvalue weighted by Crippen LogP contribution is -2.50. The third-order valence-corrected chi connectivity index (χ3v) is 7.52. The fourth-order valence-corrected chi connectivity index (χ4v) is 5.40. The molecule has 0 spiro atoms. The molecular weight excluding hydrogens is 467 g/mol. The minimum Gasteiger partial charge on any atom is -0.352 e. The molecule has 0 atom stereocenters. The molecule has 2 fully saturated rings. The van der Waals surface area contributed by atoms with Gasteiger partial charge in [-0.3, -0.25) is 9.59 Å². The average molecular weight is 502 g/mol. The zero-order valence-electron chi connectivity index (χ0n) is 20.6. The quantitative estimate of drug-likeness (QED) is 0.582. The Balaban J connectivity index is 1.16. The molecule has 5 nitrogen and oxygen atoms in total. The van der Waals surface area contributed by atoms with Crippen LogP contribution in [0.3, 0.4) is 0 Å². The number of hydrogen-bond donors (Lipinski definition) is 2. The Hall–Kier alpha value is -2.87. The molecule has 8 heteroatoms. The number of amides is 2. The standard InChI is InChI=1S/C28H34F3N3O2/c1-19-5-7-20(8-6-19)21-9-11-25(12-10-21)34-15-13-24(14-16-34)33-26(35)18-32-27(36)22-3-2-4-23(17-22)28(29,30)31/h2-8,17,21,24-25H,9-16,18H2,1H3,(H,32,36)(H,33,35). The first-order valence-corrected chi connectivity index (χ1v) is 12.7. The third kappa shape index (κ3) is 6.87. The van der Waals surface area contributed by atoms with E-state index in [1.54, 1.807) is 0 Å². The summed E-state index contributed by atoms with van der Waals surface area (Å²) in [5.74, 6) is -0.385. The van der Waals surface area contributed by atoms with Gasteiger partial charge in [-0.15, -0.1) is 0 Å². The summed E-state index contributed by atoms with van der Waals surface area (Å²) in [4.78, 5) is 27.1. The number of alkyl halides is 3. The van der Waals surface area contributed by atoms with Crippen molar-refractivity contribution in [2.45, 2.75) is 69.6 Å². The van der Waals surface area contributed by atoms with Crippen molar-refractivity contribution in [1.29, 1.82) is 0 Å². The Bertz CT molecular complexity index is 1040. The topological polar surface area (TPSA) is 61.4 Å². The molecule has 1 saturated heterocycles. The van der Waals surface area contributed by atoms with Crippen molar-refractivity contribution in [3.8, 4) is 0 Å². The van der Waals surface area contributed by atoms with Crippen molar-refractivity contribution in [3.63, 3.8) is 0 Å². The minimum atomic E-state index is -4.52. The van der Waals surface area contributed by atoms with Crippen molar-refractivity contribution in [3.05, 3.63) is 70.8 Å². The van der Waals surface area contributed by atoms with Crippen molar-refractivity contribution >= 4 is 11.8 Å². The van der Waals surface area contributed by atoms with E-state index in [-0.39, 0.29) is 24.1 Å². The van der Waals surface area contributed by atoms with Crippen LogP contribution in [0.5, 0.6) is 0 Å². The Labute approximate surface area is 210 Å². The lowest BCUT2D eigenvalue weighted by molar-refractivity contribution is -0.137. The molecule has 1 aliphatic heterocycles. The van der Waals surface area contributed by atoms with Crippen LogP contribution in [0.4, 0.5) is 13.2 Å². The van der Waals surface area contributed by atoms with Crippen LogP contribution in [0.2, 0.25) is 0 Å². The SMILES string of the molecule is Cc1ccc(C2CCC(N3CCC(NC(=O)CNC(=O)c4cccc(C(F)(F)F)c4)CC3)CC2)cc1. The number of likely N-dealkylation sites (tertiary alicyclic amines) is 1. The van der Waals surface area contributed by atoms with Crippen LogP contribution in [0.15, 0.2) is 48.5 Å². The zero-order chi connectivity index (χ0) is 25.7. The maximum atomic E-state index is 12.9. The van der Waals surface area contributed by atoms with E-state index in [2.05, 4.69) is 46.7 Å². The summed E-state index contributed by atoms with van der Waals surface area (Å²) in [6, 6.07) is 13.7. The van der Waals surface area contributed by atoms with Crippen LogP contribution in [-0.2, 0) is 11.0 Å². The Morgan fingerprint density at radius 2 is 1.61 bits per heavy atom.